The maximum Gasteiger partial charge on any atom is 0.162 e. The number of carbonyl (C=O) groups is 1. The molecule has 0 bridgehead atoms. The average molecular weight is 419 g/mol. The molecule has 0 fully saturated rings. The van der Waals surface area contributed by atoms with Crippen LogP contribution in [0.5, 0.6) is 0 Å². The molecular weight excluding hydrogens is 400 g/mol. The molecule has 0 spiro atoms. The second-order valence-corrected chi connectivity index (χ2v) is 7.92. The Morgan fingerprint density at radius 3 is 2.48 bits per heavy atom. The largest absolute Gasteiger partial charge is 0.361 e. The van der Waals surface area contributed by atoms with E-state index in [1.807, 2.05) is 49.4 Å². The van der Waals surface area contributed by atoms with Gasteiger partial charge in [0.1, 0.15) is 0 Å². The van der Waals surface area contributed by atoms with E-state index in [-0.39, 0.29) is 17.6 Å². The van der Waals surface area contributed by atoms with E-state index in [2.05, 4.69) is 39.4 Å². The summed E-state index contributed by atoms with van der Waals surface area (Å²) in [5.41, 5.74) is 5.30. The van der Waals surface area contributed by atoms with Crippen molar-refractivity contribution in [1.29, 1.82) is 5.26 Å². The van der Waals surface area contributed by atoms with Crippen LogP contribution in [0.2, 0.25) is 0 Å². The number of Topliss-reactive ketones (excluding diaryl/α,β-unsaturated/α-hetero) is 1. The molecule has 0 unspecified atom stereocenters. The van der Waals surface area contributed by atoms with Crippen molar-refractivity contribution in [3.63, 3.8) is 0 Å². The Kier molecular flexibility index (Phi) is 4.72. The molecule has 3 nitrogen and oxygen atoms in total. The third kappa shape index (κ3) is 3.13. The van der Waals surface area contributed by atoms with Crippen LogP contribution in [0.1, 0.15) is 42.7 Å². The Hall–Kier alpha value is -2.64. The van der Waals surface area contributed by atoms with Crippen LogP contribution in [0, 0.1) is 11.3 Å². The topological polar surface area (TPSA) is 52.9 Å². The van der Waals surface area contributed by atoms with E-state index in [9.17, 15) is 10.1 Å². The Labute approximate surface area is 167 Å². The Balaban J connectivity index is 1.82. The molecule has 2 aliphatic rings. The summed E-state index contributed by atoms with van der Waals surface area (Å²) in [6, 6.07) is 20.4. The highest BCUT2D eigenvalue weighted by atomic mass is 79.9. The van der Waals surface area contributed by atoms with Crippen LogP contribution in [0.15, 0.2) is 81.6 Å². The summed E-state index contributed by atoms with van der Waals surface area (Å²) in [5.74, 6) is -0.0223. The van der Waals surface area contributed by atoms with Crippen LogP contribution in [-0.2, 0) is 4.79 Å². The van der Waals surface area contributed by atoms with E-state index in [0.717, 1.165) is 33.4 Å². The number of hydrogen-bond acceptors (Lipinski definition) is 3. The number of nitriles is 1. The monoisotopic (exact) mass is 418 g/mol. The van der Waals surface area contributed by atoms with Gasteiger partial charge in [-0.05, 0) is 36.5 Å². The van der Waals surface area contributed by atoms with Crippen molar-refractivity contribution in [2.45, 2.75) is 31.6 Å². The van der Waals surface area contributed by atoms with Crippen molar-refractivity contribution in [2.75, 3.05) is 0 Å². The van der Waals surface area contributed by atoms with Crippen molar-refractivity contribution in [1.82, 2.24) is 5.32 Å². The van der Waals surface area contributed by atoms with E-state index >= 15 is 0 Å². The van der Waals surface area contributed by atoms with Crippen LogP contribution in [0.3, 0.4) is 0 Å². The SMILES string of the molecule is CC1=C(C#N)[C@H](c2ccccc2Br)C2=C(C[C@H](c3ccccc3)CC2=O)N1. The first-order chi connectivity index (χ1) is 13.1. The first kappa shape index (κ1) is 17.8. The molecule has 134 valence electrons. The summed E-state index contributed by atoms with van der Waals surface area (Å²) >= 11 is 3.61. The highest BCUT2D eigenvalue weighted by molar-refractivity contribution is 9.10. The maximum atomic E-state index is 13.2. The van der Waals surface area contributed by atoms with Gasteiger partial charge in [-0.15, -0.1) is 0 Å². The molecule has 2 atom stereocenters. The van der Waals surface area contributed by atoms with Gasteiger partial charge in [0.05, 0.1) is 17.6 Å². The summed E-state index contributed by atoms with van der Waals surface area (Å²) in [6.45, 7) is 1.92. The quantitative estimate of drug-likeness (QED) is 0.716. The fourth-order valence-electron chi connectivity index (χ4n) is 4.17. The second-order valence-electron chi connectivity index (χ2n) is 7.06. The Morgan fingerprint density at radius 2 is 1.78 bits per heavy atom. The first-order valence-corrected chi connectivity index (χ1v) is 9.83. The van der Waals surface area contributed by atoms with Gasteiger partial charge in [-0.1, -0.05) is 64.5 Å². The number of hydrogen-bond donors (Lipinski definition) is 1. The van der Waals surface area contributed by atoms with Gasteiger partial charge in [0.25, 0.3) is 0 Å². The number of allylic oxidation sites excluding steroid dienone is 4. The van der Waals surface area contributed by atoms with Gasteiger partial charge in [0, 0.05) is 27.9 Å². The molecule has 0 saturated carbocycles. The third-order valence-electron chi connectivity index (χ3n) is 5.44. The van der Waals surface area contributed by atoms with Crippen molar-refractivity contribution in [2.24, 2.45) is 0 Å². The van der Waals surface area contributed by atoms with Crippen molar-refractivity contribution >= 4 is 21.7 Å². The van der Waals surface area contributed by atoms with Crippen LogP contribution in [-0.4, -0.2) is 5.78 Å². The van der Waals surface area contributed by atoms with E-state index < -0.39 is 0 Å². The lowest BCUT2D eigenvalue weighted by Crippen LogP contribution is -2.33. The summed E-state index contributed by atoms with van der Waals surface area (Å²) in [5, 5.41) is 13.2. The zero-order valence-electron chi connectivity index (χ0n) is 15.0. The van der Waals surface area contributed by atoms with Crippen LogP contribution in [0.4, 0.5) is 0 Å². The lowest BCUT2D eigenvalue weighted by Gasteiger charge is -2.36. The molecule has 1 aliphatic heterocycles. The zero-order valence-corrected chi connectivity index (χ0v) is 16.6. The highest BCUT2D eigenvalue weighted by Gasteiger charge is 2.39. The van der Waals surface area contributed by atoms with Gasteiger partial charge < -0.3 is 5.32 Å². The minimum Gasteiger partial charge on any atom is -0.361 e. The summed E-state index contributed by atoms with van der Waals surface area (Å²) < 4.78 is 0.919. The van der Waals surface area contributed by atoms with E-state index in [4.69, 9.17) is 0 Å². The van der Waals surface area contributed by atoms with Gasteiger partial charge in [-0.25, -0.2) is 0 Å². The van der Waals surface area contributed by atoms with Gasteiger partial charge in [0.2, 0.25) is 0 Å². The number of ketones is 1. The molecule has 2 aromatic rings. The Bertz CT molecular complexity index is 1010. The van der Waals surface area contributed by atoms with Crippen LogP contribution < -0.4 is 5.32 Å². The number of nitrogens with one attached hydrogen (secondary N) is 1. The molecule has 0 saturated heterocycles. The second kappa shape index (κ2) is 7.17. The van der Waals surface area contributed by atoms with E-state index in [1.54, 1.807) is 0 Å². The normalized spacial score (nSPS) is 22.2. The number of nitrogens with zero attached hydrogens (tertiary/aromatic N) is 1. The third-order valence-corrected chi connectivity index (χ3v) is 6.16. The van der Waals surface area contributed by atoms with Crippen molar-refractivity contribution in [3.8, 4) is 6.07 Å². The van der Waals surface area contributed by atoms with Crippen molar-refractivity contribution in [3.05, 3.63) is 92.7 Å². The number of halogens is 1. The van der Waals surface area contributed by atoms with Gasteiger partial charge in [-0.3, -0.25) is 4.79 Å². The predicted octanol–water partition coefficient (Wildman–Crippen LogP) is 5.33. The summed E-state index contributed by atoms with van der Waals surface area (Å²) in [7, 11) is 0. The minimum atomic E-state index is -0.314. The fourth-order valence-corrected chi connectivity index (χ4v) is 4.68. The molecule has 0 amide bonds. The number of rotatable bonds is 2. The number of benzene rings is 2. The van der Waals surface area contributed by atoms with Crippen molar-refractivity contribution < 1.29 is 4.79 Å². The minimum absolute atomic E-state index is 0.124. The predicted molar refractivity (Wildman–Crippen MR) is 109 cm³/mol. The zero-order chi connectivity index (χ0) is 19.0. The van der Waals surface area contributed by atoms with E-state index in [0.29, 0.717) is 12.0 Å². The lowest BCUT2D eigenvalue weighted by molar-refractivity contribution is -0.116. The summed E-state index contributed by atoms with van der Waals surface area (Å²) in [4.78, 5) is 13.2. The van der Waals surface area contributed by atoms with Crippen LogP contribution >= 0.6 is 15.9 Å². The molecule has 2 aromatic carbocycles. The maximum absolute atomic E-state index is 13.2. The average Bonchev–Trinajstić information content (AvgIpc) is 2.68. The molecular formula is C23H19BrN2O. The summed E-state index contributed by atoms with van der Waals surface area (Å²) in [6.07, 6.45) is 1.26. The van der Waals surface area contributed by atoms with E-state index in [1.165, 1.54) is 5.56 Å². The van der Waals surface area contributed by atoms with Gasteiger partial charge in [-0.2, -0.15) is 5.26 Å². The fraction of sp³-hybridized carbons (Fsp3) is 0.217. The first-order valence-electron chi connectivity index (χ1n) is 9.03. The molecule has 4 heteroatoms. The molecule has 27 heavy (non-hydrogen) atoms. The van der Waals surface area contributed by atoms with Gasteiger partial charge in [0.15, 0.2) is 5.78 Å². The molecule has 1 heterocycles. The van der Waals surface area contributed by atoms with Gasteiger partial charge >= 0.3 is 0 Å². The standard InChI is InChI=1S/C23H19BrN2O/c1-14-18(13-25)22(17-9-5-6-10-19(17)24)23-20(26-14)11-16(12-21(23)27)15-7-3-2-4-8-15/h2-10,16,22,26H,11-12H2,1H3/t16-,22-/m0/s1. The molecule has 0 radical (unpaired) electrons. The number of dihydropyridines is 1. The number of carbonyl (C=O) groups excluding carboxylic acids is 1. The molecule has 4 rings (SSSR count). The molecule has 1 aliphatic carbocycles. The molecule has 0 aromatic heterocycles. The smallest absolute Gasteiger partial charge is 0.162 e. The lowest BCUT2D eigenvalue weighted by atomic mass is 9.72. The highest BCUT2D eigenvalue weighted by Crippen LogP contribution is 2.46. The molecule has 1 N–H and O–H groups in total. The van der Waals surface area contributed by atoms with Crippen LogP contribution in [0.25, 0.3) is 0 Å². The Morgan fingerprint density at radius 1 is 1.07 bits per heavy atom.